The molecule has 0 spiro atoms. The van der Waals surface area contributed by atoms with E-state index in [0.717, 1.165) is 0 Å². The van der Waals surface area contributed by atoms with E-state index in [0.29, 0.717) is 0 Å². The lowest BCUT2D eigenvalue weighted by atomic mass is 9.52. The van der Waals surface area contributed by atoms with Gasteiger partial charge in [0.2, 0.25) is 0 Å². The summed E-state index contributed by atoms with van der Waals surface area (Å²) in [4.78, 5) is 0. The van der Waals surface area contributed by atoms with Gasteiger partial charge in [-0.1, -0.05) is 26.2 Å². The zero-order chi connectivity index (χ0) is 6.97. The average Bonchev–Trinajstić information content (AvgIpc) is 1.92. The number of unbranched alkanes of at least 4 members (excludes halogenated alkanes) is 1. The molecule has 0 aliphatic heterocycles. The Morgan fingerprint density at radius 3 is 2.60 bits per heavy atom. The van der Waals surface area contributed by atoms with Gasteiger partial charge in [0.1, 0.15) is 0 Å². The summed E-state index contributed by atoms with van der Waals surface area (Å²) in [5, 5.41) is 0. The van der Waals surface area contributed by atoms with Gasteiger partial charge in [-0.3, -0.25) is 0 Å². The quantitative estimate of drug-likeness (QED) is 0.561. The molecule has 0 aromatic heterocycles. The first kappa shape index (κ1) is 6.69. The predicted octanol–water partition coefficient (Wildman–Crippen LogP) is 3.22. The second-order valence-corrected chi connectivity index (χ2v) is 4.14. The van der Waals surface area contributed by atoms with Crippen LogP contribution >= 0.6 is 0 Å². The summed E-state index contributed by atoms with van der Waals surface area (Å²) < 4.78 is 0. The largest absolute Gasteiger partial charge is 0.0654 e. The highest BCUT2D eigenvalue weighted by Gasteiger charge is 2.45. The topological polar surface area (TPSA) is 0 Å². The lowest BCUT2D eigenvalue weighted by molar-refractivity contribution is -0.0303. The molecule has 2 saturated carbocycles. The molecule has 0 heterocycles. The van der Waals surface area contributed by atoms with Crippen molar-refractivity contribution >= 4 is 0 Å². The van der Waals surface area contributed by atoms with Crippen molar-refractivity contribution in [2.45, 2.75) is 45.4 Å². The van der Waals surface area contributed by atoms with Crippen LogP contribution in [-0.2, 0) is 0 Å². The smallest absolute Gasteiger partial charge is 0.0357 e. The zero-order valence-electron chi connectivity index (χ0n) is 6.97. The van der Waals surface area contributed by atoms with Gasteiger partial charge in [-0.2, -0.15) is 0 Å². The molecule has 2 fully saturated rings. The molecular weight excluding hydrogens is 120 g/mol. The molecule has 0 nitrogen and oxygen atoms in total. The van der Waals surface area contributed by atoms with Gasteiger partial charge < -0.3 is 0 Å². The van der Waals surface area contributed by atoms with Gasteiger partial charge in [0.05, 0.1) is 0 Å². The van der Waals surface area contributed by atoms with Crippen molar-refractivity contribution in [2.24, 2.45) is 17.8 Å². The van der Waals surface area contributed by atoms with Crippen LogP contribution < -0.4 is 0 Å². The van der Waals surface area contributed by atoms with Crippen LogP contribution in [0.1, 0.15) is 45.4 Å². The highest BCUT2D eigenvalue weighted by Crippen LogP contribution is 2.55. The van der Waals surface area contributed by atoms with Crippen LogP contribution in [0.2, 0.25) is 0 Å². The maximum Gasteiger partial charge on any atom is -0.0357 e. The van der Waals surface area contributed by atoms with E-state index in [9.17, 15) is 0 Å². The van der Waals surface area contributed by atoms with Crippen LogP contribution in [0.4, 0.5) is 0 Å². The third kappa shape index (κ3) is 0.889. The molecule has 0 N–H and O–H groups in total. The molecule has 10 heavy (non-hydrogen) atoms. The van der Waals surface area contributed by atoms with Crippen molar-refractivity contribution in [1.29, 1.82) is 0 Å². The highest BCUT2D eigenvalue weighted by molar-refractivity contribution is 4.96. The van der Waals surface area contributed by atoms with Crippen LogP contribution in [0.15, 0.2) is 0 Å². The molecule has 3 unspecified atom stereocenters. The summed E-state index contributed by atoms with van der Waals surface area (Å²) in [6, 6.07) is 0. The molecule has 0 bridgehead atoms. The maximum atomic E-state index is 2.30. The molecule has 2 aliphatic rings. The first-order valence-electron chi connectivity index (χ1n) is 4.92. The predicted molar refractivity (Wildman–Crippen MR) is 43.8 cm³/mol. The van der Waals surface area contributed by atoms with Crippen LogP contribution in [0.25, 0.3) is 0 Å². The summed E-state index contributed by atoms with van der Waals surface area (Å²) in [6.07, 6.45) is 9.14. The lowest BCUT2D eigenvalue weighted by Gasteiger charge is -2.53. The Morgan fingerprint density at radius 2 is 2.20 bits per heavy atom. The Bertz CT molecular complexity index is 117. The molecule has 2 aliphatic carbocycles. The van der Waals surface area contributed by atoms with Gasteiger partial charge >= 0.3 is 0 Å². The molecule has 0 aromatic carbocycles. The van der Waals surface area contributed by atoms with Gasteiger partial charge in [-0.25, -0.2) is 0 Å². The summed E-state index contributed by atoms with van der Waals surface area (Å²) in [6.45, 7) is 2.30. The molecule has 2 rings (SSSR count). The zero-order valence-corrected chi connectivity index (χ0v) is 6.97. The van der Waals surface area contributed by atoms with Crippen molar-refractivity contribution in [3.63, 3.8) is 0 Å². The molecule has 0 amide bonds. The van der Waals surface area contributed by atoms with Crippen molar-refractivity contribution in [2.75, 3.05) is 0 Å². The third-order valence-corrected chi connectivity index (χ3v) is 3.62. The summed E-state index contributed by atoms with van der Waals surface area (Å²) in [5.41, 5.74) is 0. The third-order valence-electron chi connectivity index (χ3n) is 3.62. The lowest BCUT2D eigenvalue weighted by Crippen LogP contribution is -2.44. The van der Waals surface area contributed by atoms with Crippen LogP contribution in [0.3, 0.4) is 0 Å². The maximum absolute atomic E-state index is 2.30. The normalized spacial score (nSPS) is 43.5. The van der Waals surface area contributed by atoms with Crippen LogP contribution in [-0.4, -0.2) is 0 Å². The summed E-state index contributed by atoms with van der Waals surface area (Å²) in [5.74, 6) is 3.56. The van der Waals surface area contributed by atoms with Gasteiger partial charge in [-0.05, 0) is 37.0 Å². The fourth-order valence-corrected chi connectivity index (χ4v) is 2.67. The van der Waals surface area contributed by atoms with Gasteiger partial charge in [0, 0.05) is 0 Å². The average molecular weight is 138 g/mol. The fourth-order valence-electron chi connectivity index (χ4n) is 2.67. The molecule has 0 heteroatoms. The molecular formula is C10H18. The Morgan fingerprint density at radius 1 is 1.30 bits per heavy atom. The minimum atomic E-state index is 1.17. The van der Waals surface area contributed by atoms with E-state index in [1.165, 1.54) is 37.0 Å². The highest BCUT2D eigenvalue weighted by atomic mass is 14.5. The standard InChI is InChI=1S/C10H18/c1-2-3-4-8-7-9-5-6-10(8)9/h8-10H,2-7H2,1H3. The van der Waals surface area contributed by atoms with Crippen molar-refractivity contribution in [3.05, 3.63) is 0 Å². The van der Waals surface area contributed by atoms with Gasteiger partial charge in [0.15, 0.2) is 0 Å². The van der Waals surface area contributed by atoms with Crippen molar-refractivity contribution < 1.29 is 0 Å². The number of rotatable bonds is 3. The van der Waals surface area contributed by atoms with Crippen LogP contribution in [0.5, 0.6) is 0 Å². The molecule has 58 valence electrons. The summed E-state index contributed by atoms with van der Waals surface area (Å²) in [7, 11) is 0. The fraction of sp³-hybridized carbons (Fsp3) is 1.00. The Labute approximate surface area is 64.0 Å². The second-order valence-electron chi connectivity index (χ2n) is 4.14. The second kappa shape index (κ2) is 2.56. The number of hydrogen-bond acceptors (Lipinski definition) is 0. The Hall–Kier alpha value is 0. The van der Waals surface area contributed by atoms with E-state index in [2.05, 4.69) is 6.92 Å². The molecule has 3 atom stereocenters. The van der Waals surface area contributed by atoms with E-state index < -0.39 is 0 Å². The summed E-state index contributed by atoms with van der Waals surface area (Å²) >= 11 is 0. The van der Waals surface area contributed by atoms with E-state index in [1.54, 1.807) is 19.3 Å². The van der Waals surface area contributed by atoms with Crippen LogP contribution in [0, 0.1) is 17.8 Å². The van der Waals surface area contributed by atoms with E-state index in [4.69, 9.17) is 0 Å². The van der Waals surface area contributed by atoms with Crippen molar-refractivity contribution in [1.82, 2.24) is 0 Å². The minimum absolute atomic E-state index is 1.17. The SMILES string of the molecule is CCCCC1CC2CCC12. The first-order valence-corrected chi connectivity index (χ1v) is 4.92. The number of hydrogen-bond donors (Lipinski definition) is 0. The van der Waals surface area contributed by atoms with Gasteiger partial charge in [0.25, 0.3) is 0 Å². The first-order chi connectivity index (χ1) is 4.92. The van der Waals surface area contributed by atoms with E-state index in [1.807, 2.05) is 0 Å². The number of fused-ring (bicyclic) bond motifs is 1. The minimum Gasteiger partial charge on any atom is -0.0654 e. The molecule has 0 aromatic rings. The Balaban J connectivity index is 1.67. The van der Waals surface area contributed by atoms with Gasteiger partial charge in [-0.15, -0.1) is 0 Å². The van der Waals surface area contributed by atoms with E-state index >= 15 is 0 Å². The molecule has 0 radical (unpaired) electrons. The van der Waals surface area contributed by atoms with E-state index in [-0.39, 0.29) is 0 Å². The molecule has 0 saturated heterocycles. The van der Waals surface area contributed by atoms with Crippen molar-refractivity contribution in [3.8, 4) is 0 Å². The monoisotopic (exact) mass is 138 g/mol. The Kier molecular flexibility index (Phi) is 1.71.